The third-order valence-corrected chi connectivity index (χ3v) is 2.68. The summed E-state index contributed by atoms with van der Waals surface area (Å²) in [6, 6.07) is 0. The molecule has 106 valence electrons. The lowest BCUT2D eigenvalue weighted by molar-refractivity contribution is 0.265. The van der Waals surface area contributed by atoms with E-state index in [0.717, 1.165) is 12.2 Å². The zero-order valence-electron chi connectivity index (χ0n) is 11.8. The normalized spacial score (nSPS) is 14.7. The number of rotatable bonds is 9. The van der Waals surface area contributed by atoms with Gasteiger partial charge in [-0.3, -0.25) is 0 Å². The SMILES string of the molecule is C=C/C(N)=C(\C=C\CC(C=C)C/C(=C/N)OC)OC. The molecule has 4 heteroatoms. The zero-order valence-corrected chi connectivity index (χ0v) is 11.8. The Labute approximate surface area is 115 Å². The molecule has 4 nitrogen and oxygen atoms in total. The highest BCUT2D eigenvalue weighted by Crippen LogP contribution is 2.17. The second kappa shape index (κ2) is 9.88. The molecule has 0 rings (SSSR count). The summed E-state index contributed by atoms with van der Waals surface area (Å²) in [5.41, 5.74) is 11.7. The third-order valence-electron chi connectivity index (χ3n) is 2.68. The summed E-state index contributed by atoms with van der Waals surface area (Å²) in [5.74, 6) is 1.58. The van der Waals surface area contributed by atoms with Crippen LogP contribution in [0.3, 0.4) is 0 Å². The Balaban J connectivity index is 4.58. The summed E-state index contributed by atoms with van der Waals surface area (Å²) in [6.07, 6.45) is 10.2. The van der Waals surface area contributed by atoms with Gasteiger partial charge >= 0.3 is 0 Å². The van der Waals surface area contributed by atoms with Gasteiger partial charge in [0.2, 0.25) is 0 Å². The van der Waals surface area contributed by atoms with Crippen molar-refractivity contribution in [3.63, 3.8) is 0 Å². The van der Waals surface area contributed by atoms with Gasteiger partial charge < -0.3 is 20.9 Å². The first kappa shape index (κ1) is 16.9. The quantitative estimate of drug-likeness (QED) is 0.381. The fourth-order valence-electron chi connectivity index (χ4n) is 1.47. The van der Waals surface area contributed by atoms with Crippen molar-refractivity contribution in [1.82, 2.24) is 0 Å². The van der Waals surface area contributed by atoms with Crippen LogP contribution in [0, 0.1) is 5.92 Å². The van der Waals surface area contributed by atoms with Crippen molar-refractivity contribution >= 4 is 0 Å². The molecular weight excluding hydrogens is 240 g/mol. The van der Waals surface area contributed by atoms with E-state index in [2.05, 4.69) is 13.2 Å². The van der Waals surface area contributed by atoms with Crippen LogP contribution in [0.25, 0.3) is 0 Å². The van der Waals surface area contributed by atoms with Crippen LogP contribution in [-0.4, -0.2) is 14.2 Å². The van der Waals surface area contributed by atoms with Gasteiger partial charge in [-0.25, -0.2) is 0 Å². The molecule has 0 saturated carbocycles. The molecule has 0 aromatic rings. The van der Waals surface area contributed by atoms with Crippen LogP contribution >= 0.6 is 0 Å². The first-order valence-corrected chi connectivity index (χ1v) is 6.02. The maximum atomic E-state index is 5.72. The van der Waals surface area contributed by atoms with Gasteiger partial charge in [0.05, 0.1) is 19.9 Å². The van der Waals surface area contributed by atoms with Crippen molar-refractivity contribution in [2.75, 3.05) is 14.2 Å². The Bertz CT molecular complexity index is 382. The average molecular weight is 264 g/mol. The number of methoxy groups -OCH3 is 2. The van der Waals surface area contributed by atoms with E-state index in [1.54, 1.807) is 20.3 Å². The monoisotopic (exact) mass is 264 g/mol. The lowest BCUT2D eigenvalue weighted by Gasteiger charge is -2.12. The number of ether oxygens (including phenoxy) is 2. The van der Waals surface area contributed by atoms with E-state index in [1.807, 2.05) is 18.2 Å². The minimum absolute atomic E-state index is 0.245. The molecule has 0 aliphatic carbocycles. The Morgan fingerprint density at radius 2 is 1.95 bits per heavy atom. The summed E-state index contributed by atoms with van der Waals surface area (Å²) in [5, 5.41) is 0. The van der Waals surface area contributed by atoms with E-state index in [-0.39, 0.29) is 5.92 Å². The van der Waals surface area contributed by atoms with Gasteiger partial charge in [-0.15, -0.1) is 6.58 Å². The number of hydrogen-bond donors (Lipinski definition) is 2. The molecule has 0 aromatic carbocycles. The molecule has 0 amide bonds. The largest absolute Gasteiger partial charge is 0.500 e. The summed E-state index contributed by atoms with van der Waals surface area (Å²) in [7, 11) is 3.17. The minimum Gasteiger partial charge on any atom is -0.500 e. The lowest BCUT2D eigenvalue weighted by Crippen LogP contribution is -2.02. The highest BCUT2D eigenvalue weighted by Gasteiger charge is 2.06. The smallest absolute Gasteiger partial charge is 0.141 e. The van der Waals surface area contributed by atoms with E-state index in [4.69, 9.17) is 20.9 Å². The number of allylic oxidation sites excluding steroid dienone is 5. The molecule has 0 spiro atoms. The average Bonchev–Trinajstić information content (AvgIpc) is 2.46. The molecule has 1 atom stereocenters. The second-order valence-electron chi connectivity index (χ2n) is 3.90. The van der Waals surface area contributed by atoms with Gasteiger partial charge in [0.15, 0.2) is 0 Å². The van der Waals surface area contributed by atoms with Crippen molar-refractivity contribution in [2.45, 2.75) is 12.8 Å². The summed E-state index contributed by atoms with van der Waals surface area (Å²) >= 11 is 0. The van der Waals surface area contributed by atoms with E-state index < -0.39 is 0 Å². The minimum atomic E-state index is 0.245. The molecule has 4 N–H and O–H groups in total. The number of hydrogen-bond acceptors (Lipinski definition) is 4. The maximum absolute atomic E-state index is 5.72. The van der Waals surface area contributed by atoms with Gasteiger partial charge in [-0.2, -0.15) is 0 Å². The molecular formula is C15H24N2O2. The molecule has 0 saturated heterocycles. The standard InChI is InChI=1S/C15H24N2O2/c1-5-12(10-13(11-16)18-3)8-7-9-15(19-4)14(17)6-2/h5-7,9,11-12H,1-2,8,10,16-17H2,3-4H3/b9-7+,13-11-,15-14-. The molecule has 0 bridgehead atoms. The van der Waals surface area contributed by atoms with Crippen LogP contribution in [0.5, 0.6) is 0 Å². The van der Waals surface area contributed by atoms with Crippen LogP contribution in [0.4, 0.5) is 0 Å². The Kier molecular flexibility index (Phi) is 8.79. The van der Waals surface area contributed by atoms with Crippen molar-refractivity contribution in [2.24, 2.45) is 17.4 Å². The fourth-order valence-corrected chi connectivity index (χ4v) is 1.47. The van der Waals surface area contributed by atoms with Gasteiger partial charge in [0.1, 0.15) is 11.5 Å². The van der Waals surface area contributed by atoms with Gasteiger partial charge in [0, 0.05) is 12.6 Å². The van der Waals surface area contributed by atoms with Crippen molar-refractivity contribution in [3.05, 3.63) is 60.9 Å². The molecule has 0 aliphatic rings. The molecule has 0 fully saturated rings. The first-order valence-electron chi connectivity index (χ1n) is 6.02. The third kappa shape index (κ3) is 6.41. The Morgan fingerprint density at radius 3 is 2.37 bits per heavy atom. The first-order chi connectivity index (χ1) is 9.12. The van der Waals surface area contributed by atoms with Crippen LogP contribution in [0.15, 0.2) is 60.9 Å². The van der Waals surface area contributed by atoms with Crippen LogP contribution in [-0.2, 0) is 9.47 Å². The van der Waals surface area contributed by atoms with Crippen LogP contribution < -0.4 is 11.5 Å². The van der Waals surface area contributed by atoms with Gasteiger partial charge in [0.25, 0.3) is 0 Å². The summed E-state index contributed by atoms with van der Waals surface area (Å²) in [6.45, 7) is 7.41. The van der Waals surface area contributed by atoms with Crippen molar-refractivity contribution < 1.29 is 9.47 Å². The predicted octanol–water partition coefficient (Wildman–Crippen LogP) is 2.57. The van der Waals surface area contributed by atoms with E-state index in [1.165, 1.54) is 6.20 Å². The molecule has 0 aromatic heterocycles. The van der Waals surface area contributed by atoms with E-state index in [9.17, 15) is 0 Å². The summed E-state index contributed by atoms with van der Waals surface area (Å²) in [4.78, 5) is 0. The van der Waals surface area contributed by atoms with E-state index >= 15 is 0 Å². The van der Waals surface area contributed by atoms with Crippen LogP contribution in [0.2, 0.25) is 0 Å². The molecule has 0 aliphatic heterocycles. The highest BCUT2D eigenvalue weighted by molar-refractivity contribution is 5.25. The lowest BCUT2D eigenvalue weighted by atomic mass is 10.00. The predicted molar refractivity (Wildman–Crippen MR) is 79.8 cm³/mol. The maximum Gasteiger partial charge on any atom is 0.141 e. The van der Waals surface area contributed by atoms with Gasteiger partial charge in [-0.05, 0) is 24.5 Å². The highest BCUT2D eigenvalue weighted by atomic mass is 16.5. The topological polar surface area (TPSA) is 70.5 Å². The second-order valence-corrected chi connectivity index (χ2v) is 3.90. The van der Waals surface area contributed by atoms with Gasteiger partial charge in [-0.1, -0.05) is 18.7 Å². The zero-order chi connectivity index (χ0) is 14.7. The number of nitrogens with two attached hydrogens (primary N) is 2. The molecule has 19 heavy (non-hydrogen) atoms. The van der Waals surface area contributed by atoms with E-state index in [0.29, 0.717) is 17.9 Å². The Hall–Kier alpha value is -2.10. The molecule has 0 heterocycles. The van der Waals surface area contributed by atoms with Crippen LogP contribution in [0.1, 0.15) is 12.8 Å². The fraction of sp³-hybridized carbons (Fsp3) is 0.333. The van der Waals surface area contributed by atoms with Crippen molar-refractivity contribution in [3.8, 4) is 0 Å². The molecule has 1 unspecified atom stereocenters. The van der Waals surface area contributed by atoms with Crippen molar-refractivity contribution in [1.29, 1.82) is 0 Å². The Morgan fingerprint density at radius 1 is 1.26 bits per heavy atom. The summed E-state index contributed by atoms with van der Waals surface area (Å²) < 4.78 is 10.3. The molecule has 0 radical (unpaired) electrons.